The van der Waals surface area contributed by atoms with Crippen LogP contribution in [-0.2, 0) is 24.1 Å². The summed E-state index contributed by atoms with van der Waals surface area (Å²) in [6.45, 7) is 2.81. The molecular weight excluding hydrogens is 408 g/mol. The van der Waals surface area contributed by atoms with Gasteiger partial charge in [0.15, 0.2) is 15.6 Å². The molecule has 30 heavy (non-hydrogen) atoms. The minimum atomic E-state index is -3.25. The van der Waals surface area contributed by atoms with Crippen molar-refractivity contribution in [3.63, 3.8) is 0 Å². The zero-order valence-corrected chi connectivity index (χ0v) is 18.6. The molecule has 0 bridgehead atoms. The maximum atomic E-state index is 12.3. The highest BCUT2D eigenvalue weighted by molar-refractivity contribution is 7.90. The fourth-order valence-electron chi connectivity index (χ4n) is 3.90. The molecule has 1 N–H and O–H groups in total. The second-order valence-corrected chi connectivity index (χ2v) is 10.2. The summed E-state index contributed by atoms with van der Waals surface area (Å²) in [4.78, 5) is 14.5. The zero-order valence-electron chi connectivity index (χ0n) is 17.8. The van der Waals surface area contributed by atoms with Crippen molar-refractivity contribution in [2.24, 2.45) is 0 Å². The molecule has 1 aromatic rings. The molecule has 1 heterocycles. The molecular formula is C21H32N2O6S. The van der Waals surface area contributed by atoms with Gasteiger partial charge < -0.3 is 19.5 Å². The largest absolute Gasteiger partial charge is 0.494 e. The summed E-state index contributed by atoms with van der Waals surface area (Å²) in [7, 11) is -1.35. The molecule has 9 heteroatoms. The highest BCUT2D eigenvalue weighted by Gasteiger charge is 2.40. The Morgan fingerprint density at radius 2 is 1.97 bits per heavy atom. The smallest absolute Gasteiger partial charge is 0.234 e. The van der Waals surface area contributed by atoms with E-state index in [9.17, 15) is 13.2 Å². The van der Waals surface area contributed by atoms with Crippen LogP contribution < -0.4 is 10.1 Å². The highest BCUT2D eigenvalue weighted by Crippen LogP contribution is 2.35. The molecule has 1 aliphatic heterocycles. The van der Waals surface area contributed by atoms with Crippen molar-refractivity contribution in [1.29, 1.82) is 0 Å². The molecule has 0 unspecified atom stereocenters. The van der Waals surface area contributed by atoms with Crippen molar-refractivity contribution in [2.75, 3.05) is 46.2 Å². The van der Waals surface area contributed by atoms with E-state index in [0.29, 0.717) is 38.7 Å². The summed E-state index contributed by atoms with van der Waals surface area (Å²) in [6, 6.07) is 6.66. The van der Waals surface area contributed by atoms with Gasteiger partial charge in [-0.1, -0.05) is 6.07 Å². The Hall–Kier alpha value is -1.68. The first-order chi connectivity index (χ1) is 14.3. The number of nitrogens with one attached hydrogen (secondary N) is 1. The molecule has 0 radical (unpaired) electrons. The summed E-state index contributed by atoms with van der Waals surface area (Å²) >= 11 is 0. The Bertz CT molecular complexity index is 813. The maximum absolute atomic E-state index is 12.3. The van der Waals surface area contributed by atoms with E-state index in [1.54, 1.807) is 18.2 Å². The average molecular weight is 441 g/mol. The van der Waals surface area contributed by atoms with Gasteiger partial charge in [-0.05, 0) is 44.5 Å². The minimum Gasteiger partial charge on any atom is -0.494 e. The lowest BCUT2D eigenvalue weighted by Gasteiger charge is -2.35. The molecule has 8 nitrogen and oxygen atoms in total. The zero-order chi connectivity index (χ0) is 21.6. The molecule has 0 aromatic heterocycles. The Balaban J connectivity index is 1.31. The molecule has 2 aliphatic rings. The van der Waals surface area contributed by atoms with Gasteiger partial charge in [0, 0.05) is 31.7 Å². The van der Waals surface area contributed by atoms with Crippen molar-refractivity contribution >= 4 is 15.7 Å². The van der Waals surface area contributed by atoms with Crippen LogP contribution in [0.4, 0.5) is 0 Å². The number of benzene rings is 1. The van der Waals surface area contributed by atoms with E-state index in [4.69, 9.17) is 14.2 Å². The fourth-order valence-corrected chi connectivity index (χ4v) is 4.56. The molecule has 168 valence electrons. The summed E-state index contributed by atoms with van der Waals surface area (Å²) in [5, 5.41) is 3.11. The van der Waals surface area contributed by atoms with Crippen molar-refractivity contribution in [3.8, 4) is 5.75 Å². The third-order valence-corrected chi connectivity index (χ3v) is 6.64. The Morgan fingerprint density at radius 1 is 1.27 bits per heavy atom. The van der Waals surface area contributed by atoms with Crippen LogP contribution in [0.2, 0.25) is 0 Å². The third-order valence-electron chi connectivity index (χ3n) is 5.53. The predicted octanol–water partition coefficient (Wildman–Crippen LogP) is 1.59. The number of carbonyl (C=O) groups is 1. The Kier molecular flexibility index (Phi) is 7.73. The highest BCUT2D eigenvalue weighted by atomic mass is 32.2. The van der Waals surface area contributed by atoms with Crippen LogP contribution in [0.15, 0.2) is 29.2 Å². The van der Waals surface area contributed by atoms with Crippen LogP contribution in [0.25, 0.3) is 0 Å². The number of likely N-dealkylation sites (N-methyl/N-ethyl adjacent to an activating group) is 1. The Morgan fingerprint density at radius 3 is 2.63 bits per heavy atom. The molecule has 2 fully saturated rings. The lowest BCUT2D eigenvalue weighted by Crippen LogP contribution is -2.46. The summed E-state index contributed by atoms with van der Waals surface area (Å²) in [5.74, 6) is 0.149. The van der Waals surface area contributed by atoms with Gasteiger partial charge in [-0.2, -0.15) is 0 Å². The number of hydrogen-bond donors (Lipinski definition) is 1. The van der Waals surface area contributed by atoms with E-state index in [1.807, 2.05) is 11.9 Å². The summed E-state index contributed by atoms with van der Waals surface area (Å²) in [5.41, 5.74) is 0. The quantitative estimate of drug-likeness (QED) is 0.583. The molecule has 1 saturated heterocycles. The predicted molar refractivity (Wildman–Crippen MR) is 112 cm³/mol. The average Bonchev–Trinajstić information content (AvgIpc) is 3.15. The summed E-state index contributed by atoms with van der Waals surface area (Å²) in [6.07, 6.45) is 5.30. The minimum absolute atomic E-state index is 0.0217. The topological polar surface area (TPSA) is 94.2 Å². The lowest BCUT2D eigenvalue weighted by molar-refractivity contribution is -0.180. The Labute approximate surface area is 178 Å². The molecule has 0 atom stereocenters. The van der Waals surface area contributed by atoms with E-state index in [-0.39, 0.29) is 16.8 Å². The van der Waals surface area contributed by atoms with E-state index >= 15 is 0 Å². The van der Waals surface area contributed by atoms with Gasteiger partial charge in [-0.25, -0.2) is 8.42 Å². The van der Waals surface area contributed by atoms with Gasteiger partial charge >= 0.3 is 0 Å². The van der Waals surface area contributed by atoms with E-state index in [1.165, 1.54) is 12.3 Å². The van der Waals surface area contributed by atoms with E-state index in [2.05, 4.69) is 5.32 Å². The molecule has 1 aliphatic carbocycles. The van der Waals surface area contributed by atoms with Crippen molar-refractivity contribution < 1.29 is 27.4 Å². The van der Waals surface area contributed by atoms with Crippen LogP contribution in [0.5, 0.6) is 5.75 Å². The number of carbonyl (C=O) groups excluding carboxylic acids is 1. The van der Waals surface area contributed by atoms with Gasteiger partial charge in [0.1, 0.15) is 5.75 Å². The van der Waals surface area contributed by atoms with Gasteiger partial charge in [0.25, 0.3) is 0 Å². The molecule has 1 aromatic carbocycles. The number of amides is 1. The number of nitrogens with zero attached hydrogens (tertiary/aromatic N) is 1. The molecule has 1 amide bonds. The first-order valence-electron chi connectivity index (χ1n) is 10.4. The van der Waals surface area contributed by atoms with Crippen molar-refractivity contribution in [3.05, 3.63) is 24.3 Å². The van der Waals surface area contributed by atoms with Crippen LogP contribution in [0.1, 0.15) is 32.1 Å². The second-order valence-electron chi connectivity index (χ2n) is 8.14. The number of hydrogen-bond acceptors (Lipinski definition) is 7. The third kappa shape index (κ3) is 6.66. The fraction of sp³-hybridized carbons (Fsp3) is 0.667. The molecule has 3 rings (SSSR count). The van der Waals surface area contributed by atoms with E-state index < -0.39 is 15.6 Å². The first-order valence-corrected chi connectivity index (χ1v) is 12.3. The van der Waals surface area contributed by atoms with Crippen LogP contribution >= 0.6 is 0 Å². The number of ether oxygens (including phenoxy) is 3. The maximum Gasteiger partial charge on any atom is 0.234 e. The van der Waals surface area contributed by atoms with Crippen LogP contribution in [0.3, 0.4) is 0 Å². The summed E-state index contributed by atoms with van der Waals surface area (Å²) < 4.78 is 40.3. The van der Waals surface area contributed by atoms with Gasteiger partial charge in [0.05, 0.1) is 31.3 Å². The van der Waals surface area contributed by atoms with Crippen LogP contribution in [0, 0.1) is 0 Å². The lowest BCUT2D eigenvalue weighted by atomic mass is 9.90. The van der Waals surface area contributed by atoms with E-state index in [0.717, 1.165) is 32.1 Å². The van der Waals surface area contributed by atoms with Gasteiger partial charge in [-0.3, -0.25) is 9.69 Å². The van der Waals surface area contributed by atoms with Crippen molar-refractivity contribution in [1.82, 2.24) is 10.2 Å². The second kappa shape index (κ2) is 10.1. The standard InChI is InChI=1S/C21H32N2O6S/c1-23(11-4-12-27-18-5-3-6-19(15-18)30(2,25)26)16-20(24)22-17-7-9-21(10-8-17)28-13-14-29-21/h3,5-6,15,17H,4,7-14,16H2,1-2H3,(H,22,24). The number of sulfone groups is 1. The SMILES string of the molecule is CN(CCCOc1cccc(S(C)(=O)=O)c1)CC(=O)NC1CCC2(CC1)OCCO2. The van der Waals surface area contributed by atoms with Gasteiger partial charge in [0.2, 0.25) is 5.91 Å². The monoisotopic (exact) mass is 440 g/mol. The normalized spacial score (nSPS) is 19.3. The van der Waals surface area contributed by atoms with Crippen molar-refractivity contribution in [2.45, 2.75) is 48.8 Å². The molecule has 1 spiro atoms. The van der Waals surface area contributed by atoms with Gasteiger partial charge in [-0.15, -0.1) is 0 Å². The molecule has 1 saturated carbocycles. The van der Waals surface area contributed by atoms with Crippen LogP contribution in [-0.4, -0.2) is 77.3 Å². The first kappa shape index (κ1) is 23.0. The number of rotatable bonds is 9.